The molecule has 1 N–H and O–H groups in total. The van der Waals surface area contributed by atoms with Gasteiger partial charge in [-0.2, -0.15) is 0 Å². The molecule has 3 aromatic carbocycles. The first-order valence-corrected chi connectivity index (χ1v) is 14.6. The topological polar surface area (TPSA) is 93.9 Å². The van der Waals surface area contributed by atoms with Crippen molar-refractivity contribution >= 4 is 43.5 Å². The highest BCUT2D eigenvalue weighted by molar-refractivity contribution is 9.10. The van der Waals surface area contributed by atoms with Gasteiger partial charge < -0.3 is 14.8 Å². The number of ether oxygens (including phenoxy) is 2. The second-order valence-corrected chi connectivity index (χ2v) is 11.9. The lowest BCUT2D eigenvalue weighted by Crippen LogP contribution is -2.55. The van der Waals surface area contributed by atoms with E-state index in [-0.39, 0.29) is 16.9 Å². The number of nitro groups is 1. The van der Waals surface area contributed by atoms with Crippen molar-refractivity contribution in [1.82, 2.24) is 4.90 Å². The van der Waals surface area contributed by atoms with Crippen LogP contribution in [0.1, 0.15) is 42.4 Å². The zero-order valence-electron chi connectivity index (χ0n) is 21.2. The summed E-state index contributed by atoms with van der Waals surface area (Å²) in [5.74, 6) is 0.220. The van der Waals surface area contributed by atoms with E-state index < -0.39 is 17.5 Å². The van der Waals surface area contributed by atoms with E-state index in [1.165, 1.54) is 0 Å². The summed E-state index contributed by atoms with van der Waals surface area (Å²) in [6.45, 7) is 3.26. The van der Waals surface area contributed by atoms with Crippen molar-refractivity contribution in [2.45, 2.75) is 49.9 Å². The smallest absolute Gasteiger partial charge is 0.256 e. The fourth-order valence-electron chi connectivity index (χ4n) is 6.69. The SMILES string of the molecule is CCOc1cc([C@H]2[C@H]([N+](=O)[O-])[C@@]3(C(=O)Nc4ccccc43)N3CCC[C@@H]23)cc(Br)c1OCc1ccc(Br)cc1. The molecule has 2 saturated heterocycles. The molecule has 1 amide bonds. The van der Waals surface area contributed by atoms with Gasteiger partial charge in [0.1, 0.15) is 6.61 Å². The van der Waals surface area contributed by atoms with E-state index in [1.54, 1.807) is 0 Å². The molecule has 2 fully saturated rings. The van der Waals surface area contributed by atoms with Gasteiger partial charge in [0.05, 0.1) is 17.0 Å². The van der Waals surface area contributed by atoms with Crippen LogP contribution < -0.4 is 14.8 Å². The fraction of sp³-hybridized carbons (Fsp3) is 0.345. The van der Waals surface area contributed by atoms with E-state index in [9.17, 15) is 14.9 Å². The van der Waals surface area contributed by atoms with E-state index >= 15 is 0 Å². The standard InChI is InChI=1S/C29H27Br2N3O5/c1-2-38-24-15-18(14-21(31)26(24)39-16-17-9-11-19(30)12-10-17)25-23-8-5-13-33(23)29(27(25)34(36)37)20-6-3-4-7-22(20)32-28(29)35/h3-4,6-7,9-12,14-15,23,25,27H,2,5,8,13,16H2,1H3,(H,32,35)/t23-,25+,27-,29-/m0/s1. The van der Waals surface area contributed by atoms with Gasteiger partial charge in [0.15, 0.2) is 17.0 Å². The number of hydrogen-bond acceptors (Lipinski definition) is 6. The van der Waals surface area contributed by atoms with E-state index in [2.05, 4.69) is 42.1 Å². The maximum absolute atomic E-state index is 13.7. The molecule has 0 unspecified atom stereocenters. The lowest BCUT2D eigenvalue weighted by Gasteiger charge is -2.32. The lowest BCUT2D eigenvalue weighted by atomic mass is 9.77. The number of nitrogens with one attached hydrogen (secondary N) is 1. The minimum absolute atomic E-state index is 0.159. The van der Waals surface area contributed by atoms with E-state index in [0.29, 0.717) is 47.0 Å². The molecule has 1 spiro atoms. The summed E-state index contributed by atoms with van der Waals surface area (Å²) in [5.41, 5.74) is 1.73. The Bertz CT molecular complexity index is 1450. The van der Waals surface area contributed by atoms with Crippen molar-refractivity contribution in [3.05, 3.63) is 96.4 Å². The maximum Gasteiger partial charge on any atom is 0.256 e. The molecule has 3 aromatic rings. The molecular formula is C29H27Br2N3O5. The number of amides is 1. The summed E-state index contributed by atoms with van der Waals surface area (Å²) in [4.78, 5) is 28.4. The Morgan fingerprint density at radius 2 is 1.90 bits per heavy atom. The molecule has 39 heavy (non-hydrogen) atoms. The minimum Gasteiger partial charge on any atom is -0.490 e. The van der Waals surface area contributed by atoms with Crippen LogP contribution >= 0.6 is 31.9 Å². The quantitative estimate of drug-likeness (QED) is 0.239. The molecule has 4 atom stereocenters. The normalized spacial score (nSPS) is 25.4. The Morgan fingerprint density at radius 3 is 2.64 bits per heavy atom. The monoisotopic (exact) mass is 655 g/mol. The Kier molecular flexibility index (Phi) is 6.89. The Balaban J connectivity index is 1.43. The summed E-state index contributed by atoms with van der Waals surface area (Å²) in [6.07, 6.45) is 1.65. The number of anilines is 1. The number of rotatable bonds is 7. The molecular weight excluding hydrogens is 630 g/mol. The van der Waals surface area contributed by atoms with Gasteiger partial charge in [0.25, 0.3) is 11.9 Å². The summed E-state index contributed by atoms with van der Waals surface area (Å²) >= 11 is 7.12. The van der Waals surface area contributed by atoms with Gasteiger partial charge in [-0.1, -0.05) is 46.3 Å². The average Bonchev–Trinajstić information content (AvgIpc) is 3.57. The van der Waals surface area contributed by atoms with Crippen LogP contribution in [0.4, 0.5) is 5.69 Å². The minimum atomic E-state index is -1.36. The van der Waals surface area contributed by atoms with Gasteiger partial charge in [-0.05, 0) is 77.2 Å². The third-order valence-electron chi connectivity index (χ3n) is 8.11. The van der Waals surface area contributed by atoms with Gasteiger partial charge >= 0.3 is 0 Å². The molecule has 3 aliphatic rings. The number of hydrogen-bond donors (Lipinski definition) is 1. The van der Waals surface area contributed by atoms with Crippen LogP contribution in [0.5, 0.6) is 11.5 Å². The molecule has 0 aliphatic carbocycles. The van der Waals surface area contributed by atoms with Gasteiger partial charge in [0.2, 0.25) is 0 Å². The van der Waals surface area contributed by atoms with E-state index in [4.69, 9.17) is 9.47 Å². The highest BCUT2D eigenvalue weighted by atomic mass is 79.9. The summed E-state index contributed by atoms with van der Waals surface area (Å²) < 4.78 is 13.8. The predicted molar refractivity (Wildman–Crippen MR) is 154 cm³/mol. The van der Waals surface area contributed by atoms with Crippen LogP contribution in [-0.4, -0.2) is 41.0 Å². The number of fused-ring (bicyclic) bond motifs is 4. The first-order valence-electron chi connectivity index (χ1n) is 13.0. The third-order valence-corrected chi connectivity index (χ3v) is 9.22. The number of benzene rings is 3. The molecule has 0 bridgehead atoms. The molecule has 8 nitrogen and oxygen atoms in total. The molecule has 10 heteroatoms. The number of carbonyl (C=O) groups is 1. The largest absolute Gasteiger partial charge is 0.490 e. The fourth-order valence-corrected chi connectivity index (χ4v) is 7.53. The summed E-state index contributed by atoms with van der Waals surface area (Å²) in [6, 6.07) is 17.7. The zero-order chi connectivity index (χ0) is 27.3. The van der Waals surface area contributed by atoms with Crippen molar-refractivity contribution in [3.8, 4) is 11.5 Å². The summed E-state index contributed by atoms with van der Waals surface area (Å²) in [7, 11) is 0. The molecule has 6 rings (SSSR count). The van der Waals surface area contributed by atoms with Gasteiger partial charge in [0, 0.05) is 33.2 Å². The van der Waals surface area contributed by atoms with Crippen molar-refractivity contribution in [1.29, 1.82) is 0 Å². The number of para-hydroxylation sites is 1. The second-order valence-electron chi connectivity index (χ2n) is 10.1. The molecule has 0 aromatic heterocycles. The highest BCUT2D eigenvalue weighted by Gasteiger charge is 2.73. The predicted octanol–water partition coefficient (Wildman–Crippen LogP) is 6.24. The number of nitrogens with zero attached hydrogens (tertiary/aromatic N) is 2. The van der Waals surface area contributed by atoms with E-state index in [1.807, 2.05) is 67.6 Å². The van der Waals surface area contributed by atoms with Crippen LogP contribution in [-0.2, 0) is 16.9 Å². The van der Waals surface area contributed by atoms with E-state index in [0.717, 1.165) is 28.4 Å². The van der Waals surface area contributed by atoms with Crippen LogP contribution in [0.3, 0.4) is 0 Å². The molecule has 3 aliphatic heterocycles. The van der Waals surface area contributed by atoms with Crippen molar-refractivity contribution in [2.24, 2.45) is 0 Å². The molecule has 202 valence electrons. The Morgan fingerprint density at radius 1 is 1.13 bits per heavy atom. The zero-order valence-corrected chi connectivity index (χ0v) is 24.4. The first kappa shape index (κ1) is 26.3. The molecule has 0 radical (unpaired) electrons. The van der Waals surface area contributed by atoms with Crippen LogP contribution in [0.25, 0.3) is 0 Å². The summed E-state index contributed by atoms with van der Waals surface area (Å²) in [5, 5.41) is 15.9. The van der Waals surface area contributed by atoms with Gasteiger partial charge in [-0.25, -0.2) is 0 Å². The van der Waals surface area contributed by atoms with Crippen LogP contribution in [0, 0.1) is 10.1 Å². The average molecular weight is 657 g/mol. The van der Waals surface area contributed by atoms with Gasteiger partial charge in [-0.3, -0.25) is 19.8 Å². The Labute approximate surface area is 243 Å². The molecule has 3 heterocycles. The maximum atomic E-state index is 13.7. The van der Waals surface area contributed by atoms with Crippen molar-refractivity contribution in [2.75, 3.05) is 18.5 Å². The Hall–Kier alpha value is -2.95. The van der Waals surface area contributed by atoms with Crippen LogP contribution in [0.15, 0.2) is 69.6 Å². The lowest BCUT2D eigenvalue weighted by molar-refractivity contribution is -0.534. The number of halogens is 2. The highest BCUT2D eigenvalue weighted by Crippen LogP contribution is 2.58. The second kappa shape index (κ2) is 10.2. The van der Waals surface area contributed by atoms with Gasteiger partial charge in [-0.15, -0.1) is 0 Å². The van der Waals surface area contributed by atoms with Crippen LogP contribution in [0.2, 0.25) is 0 Å². The first-order chi connectivity index (χ1) is 18.9. The number of carbonyl (C=O) groups excluding carboxylic acids is 1. The third kappa shape index (κ3) is 4.15. The van der Waals surface area contributed by atoms with Crippen molar-refractivity contribution in [3.63, 3.8) is 0 Å². The molecule has 0 saturated carbocycles. The van der Waals surface area contributed by atoms with Crippen molar-refractivity contribution < 1.29 is 19.2 Å².